The molecule has 0 aliphatic heterocycles. The van der Waals surface area contributed by atoms with E-state index in [2.05, 4.69) is 4.72 Å². The number of ether oxygens (including phenoxy) is 1. The van der Waals surface area contributed by atoms with Gasteiger partial charge in [-0.05, 0) is 30.7 Å². The van der Waals surface area contributed by atoms with E-state index in [0.717, 1.165) is 0 Å². The van der Waals surface area contributed by atoms with Gasteiger partial charge in [0.05, 0.1) is 22.6 Å². The zero-order valence-electron chi connectivity index (χ0n) is 12.8. The molecule has 7 heteroatoms. The third-order valence-electron chi connectivity index (χ3n) is 3.29. The third kappa shape index (κ3) is 3.77. The minimum atomic E-state index is -3.60. The predicted molar refractivity (Wildman–Crippen MR) is 90.6 cm³/mol. The summed E-state index contributed by atoms with van der Waals surface area (Å²) in [6.07, 6.45) is 0.695. The number of hydrogen-bond donors (Lipinski definition) is 2. The molecule has 0 fully saturated rings. The molecule has 5 nitrogen and oxygen atoms in total. The first-order valence-electron chi connectivity index (χ1n) is 7.06. The Kier molecular flexibility index (Phi) is 5.51. The lowest BCUT2D eigenvalue weighted by atomic mass is 10.0. The quantitative estimate of drug-likeness (QED) is 0.832. The van der Waals surface area contributed by atoms with Gasteiger partial charge in [-0.3, -0.25) is 0 Å². The van der Waals surface area contributed by atoms with Crippen molar-refractivity contribution in [2.45, 2.75) is 18.2 Å². The number of aromatic hydroxyl groups is 1. The van der Waals surface area contributed by atoms with Crippen LogP contribution in [0.3, 0.4) is 0 Å². The molecule has 0 spiro atoms. The number of halogens is 1. The molecule has 2 aromatic carbocycles. The molecule has 0 aliphatic rings. The van der Waals surface area contributed by atoms with E-state index in [9.17, 15) is 13.5 Å². The Hall–Kier alpha value is -1.76. The van der Waals surface area contributed by atoms with Gasteiger partial charge in [0.15, 0.2) is 0 Å². The van der Waals surface area contributed by atoms with Crippen LogP contribution in [0.5, 0.6) is 11.5 Å². The maximum absolute atomic E-state index is 12.1. The molecule has 0 heterocycles. The Morgan fingerprint density at radius 3 is 2.61 bits per heavy atom. The molecule has 0 amide bonds. The molecule has 0 bridgehead atoms. The lowest BCUT2D eigenvalue weighted by molar-refractivity contribution is 0.410. The topological polar surface area (TPSA) is 75.6 Å². The minimum absolute atomic E-state index is 0.00552. The number of phenolic OH excluding ortho intramolecular Hbond substituents is 1. The van der Waals surface area contributed by atoms with E-state index in [0.29, 0.717) is 29.8 Å². The summed E-state index contributed by atoms with van der Waals surface area (Å²) in [4.78, 5) is 0.0779. The summed E-state index contributed by atoms with van der Waals surface area (Å²) in [5, 5.41) is 10.3. The highest BCUT2D eigenvalue weighted by Crippen LogP contribution is 2.41. The van der Waals surface area contributed by atoms with Crippen LogP contribution in [0.4, 0.5) is 0 Å². The Morgan fingerprint density at radius 2 is 2.00 bits per heavy atom. The van der Waals surface area contributed by atoms with Crippen molar-refractivity contribution in [1.29, 1.82) is 0 Å². The number of benzene rings is 2. The van der Waals surface area contributed by atoms with Crippen LogP contribution in [0.2, 0.25) is 5.02 Å². The zero-order valence-corrected chi connectivity index (χ0v) is 14.4. The van der Waals surface area contributed by atoms with Gasteiger partial charge in [-0.2, -0.15) is 0 Å². The molecule has 0 aromatic heterocycles. The maximum Gasteiger partial charge on any atom is 0.240 e. The molecule has 0 radical (unpaired) electrons. The monoisotopic (exact) mass is 355 g/mol. The van der Waals surface area contributed by atoms with E-state index in [1.807, 2.05) is 6.92 Å². The second-order valence-corrected chi connectivity index (χ2v) is 7.07. The second-order valence-electron chi connectivity index (χ2n) is 4.89. The van der Waals surface area contributed by atoms with Crippen LogP contribution >= 0.6 is 11.6 Å². The third-order valence-corrected chi connectivity index (χ3v) is 5.06. The standard InChI is InChI=1S/C16H18ClNO4S/c1-3-9-18-23(20,21)11-7-8-12(13(17)10-11)16-14(19)5-4-6-15(16)22-2/h4-8,10,18-19H,3,9H2,1-2H3. The molecular weight excluding hydrogens is 338 g/mol. The van der Waals surface area contributed by atoms with Crippen molar-refractivity contribution in [2.24, 2.45) is 0 Å². The summed E-state index contributed by atoms with van der Waals surface area (Å²) >= 11 is 6.25. The van der Waals surface area contributed by atoms with Crippen molar-refractivity contribution in [3.8, 4) is 22.6 Å². The van der Waals surface area contributed by atoms with Crippen LogP contribution in [-0.4, -0.2) is 27.2 Å². The fourth-order valence-electron chi connectivity index (χ4n) is 2.15. The molecule has 0 saturated carbocycles. The van der Waals surface area contributed by atoms with Crippen molar-refractivity contribution in [3.05, 3.63) is 41.4 Å². The van der Waals surface area contributed by atoms with Crippen LogP contribution in [0, 0.1) is 0 Å². The van der Waals surface area contributed by atoms with Crippen molar-refractivity contribution >= 4 is 21.6 Å². The first-order valence-corrected chi connectivity index (χ1v) is 8.92. The smallest absolute Gasteiger partial charge is 0.240 e. The molecule has 23 heavy (non-hydrogen) atoms. The largest absolute Gasteiger partial charge is 0.507 e. The van der Waals surface area contributed by atoms with Gasteiger partial charge in [0.1, 0.15) is 11.5 Å². The van der Waals surface area contributed by atoms with E-state index < -0.39 is 10.0 Å². The highest BCUT2D eigenvalue weighted by atomic mass is 35.5. The highest BCUT2D eigenvalue weighted by molar-refractivity contribution is 7.89. The minimum Gasteiger partial charge on any atom is -0.507 e. The number of rotatable bonds is 6. The first-order chi connectivity index (χ1) is 10.9. The molecule has 2 rings (SSSR count). The van der Waals surface area contributed by atoms with E-state index in [4.69, 9.17) is 16.3 Å². The molecule has 0 saturated heterocycles. The van der Waals surface area contributed by atoms with E-state index >= 15 is 0 Å². The van der Waals surface area contributed by atoms with Gasteiger partial charge in [-0.15, -0.1) is 0 Å². The summed E-state index contributed by atoms with van der Waals surface area (Å²) in [7, 11) is -2.11. The predicted octanol–water partition coefficient (Wildman–Crippen LogP) is 3.41. The highest BCUT2D eigenvalue weighted by Gasteiger charge is 2.18. The Labute approximate surface area is 140 Å². The number of sulfonamides is 1. The summed E-state index contributed by atoms with van der Waals surface area (Å²) < 4.78 is 32.0. The number of nitrogens with one attached hydrogen (secondary N) is 1. The van der Waals surface area contributed by atoms with Crippen molar-refractivity contribution in [2.75, 3.05) is 13.7 Å². The van der Waals surface area contributed by atoms with Crippen LogP contribution in [-0.2, 0) is 10.0 Å². The van der Waals surface area contributed by atoms with E-state index in [-0.39, 0.29) is 15.7 Å². The average Bonchev–Trinajstić information content (AvgIpc) is 2.53. The molecule has 0 atom stereocenters. The molecule has 124 valence electrons. The van der Waals surface area contributed by atoms with Crippen molar-refractivity contribution in [1.82, 2.24) is 4.72 Å². The van der Waals surface area contributed by atoms with Gasteiger partial charge in [-0.25, -0.2) is 13.1 Å². The summed E-state index contributed by atoms with van der Waals surface area (Å²) in [5.41, 5.74) is 0.918. The zero-order chi connectivity index (χ0) is 17.0. The Balaban J connectivity index is 2.50. The average molecular weight is 356 g/mol. The second kappa shape index (κ2) is 7.21. The molecule has 2 N–H and O–H groups in total. The summed E-state index contributed by atoms with van der Waals surface area (Å²) in [6.45, 7) is 2.23. The van der Waals surface area contributed by atoms with E-state index in [1.165, 1.54) is 25.3 Å². The molecule has 0 aliphatic carbocycles. The number of phenols is 1. The lowest BCUT2D eigenvalue weighted by Crippen LogP contribution is -2.24. The van der Waals surface area contributed by atoms with Crippen LogP contribution in [0.25, 0.3) is 11.1 Å². The SMILES string of the molecule is CCCNS(=O)(=O)c1ccc(-c2c(O)cccc2OC)c(Cl)c1. The van der Waals surface area contributed by atoms with Gasteiger partial charge in [0.25, 0.3) is 0 Å². The van der Waals surface area contributed by atoms with Gasteiger partial charge in [-0.1, -0.05) is 30.7 Å². The Morgan fingerprint density at radius 1 is 1.26 bits per heavy atom. The molecular formula is C16H18ClNO4S. The Bertz CT molecular complexity index is 806. The fraction of sp³-hybridized carbons (Fsp3) is 0.250. The van der Waals surface area contributed by atoms with E-state index in [1.54, 1.807) is 18.2 Å². The lowest BCUT2D eigenvalue weighted by Gasteiger charge is -2.13. The number of hydrogen-bond acceptors (Lipinski definition) is 4. The summed E-state index contributed by atoms with van der Waals surface area (Å²) in [5.74, 6) is 0.456. The van der Waals surface area contributed by atoms with Crippen molar-refractivity contribution < 1.29 is 18.3 Å². The van der Waals surface area contributed by atoms with Crippen LogP contribution in [0.15, 0.2) is 41.3 Å². The molecule has 0 unspecified atom stereocenters. The van der Waals surface area contributed by atoms with Gasteiger partial charge < -0.3 is 9.84 Å². The first kappa shape index (κ1) is 17.6. The van der Waals surface area contributed by atoms with Gasteiger partial charge >= 0.3 is 0 Å². The maximum atomic E-state index is 12.1. The fourth-order valence-corrected chi connectivity index (χ4v) is 3.65. The normalized spacial score (nSPS) is 11.4. The molecule has 2 aromatic rings. The van der Waals surface area contributed by atoms with Gasteiger partial charge in [0, 0.05) is 12.1 Å². The number of methoxy groups -OCH3 is 1. The van der Waals surface area contributed by atoms with Crippen LogP contribution < -0.4 is 9.46 Å². The summed E-state index contributed by atoms with van der Waals surface area (Å²) in [6, 6.07) is 9.23. The van der Waals surface area contributed by atoms with Gasteiger partial charge in [0.2, 0.25) is 10.0 Å². The van der Waals surface area contributed by atoms with Crippen molar-refractivity contribution in [3.63, 3.8) is 0 Å². The van der Waals surface area contributed by atoms with Crippen LogP contribution in [0.1, 0.15) is 13.3 Å².